The van der Waals surface area contributed by atoms with Gasteiger partial charge in [0.05, 0.1) is 18.4 Å². The molecule has 0 aromatic carbocycles. The highest BCUT2D eigenvalue weighted by Crippen LogP contribution is 2.42. The first-order valence-electron chi connectivity index (χ1n) is 10.3. The number of thiophene rings is 2. The lowest BCUT2D eigenvalue weighted by molar-refractivity contribution is -0.169. The molecule has 6 nitrogen and oxygen atoms in total. The molecule has 0 aliphatic heterocycles. The average molecular weight is 520 g/mol. The zero-order valence-electron chi connectivity index (χ0n) is 18.4. The highest BCUT2D eigenvalue weighted by atomic mass is 35.5. The van der Waals surface area contributed by atoms with Gasteiger partial charge in [0.1, 0.15) is 11.7 Å². The van der Waals surface area contributed by atoms with Crippen molar-refractivity contribution in [1.82, 2.24) is 4.90 Å². The van der Waals surface area contributed by atoms with Gasteiger partial charge in [0.15, 0.2) is 0 Å². The molecular weight excluding hydrogens is 493 g/mol. The molecule has 32 heavy (non-hydrogen) atoms. The first kappa shape index (κ1) is 25.3. The Kier molecular flexibility index (Phi) is 7.82. The average Bonchev–Trinajstić information content (AvgIpc) is 3.35. The van der Waals surface area contributed by atoms with Crippen molar-refractivity contribution in [1.29, 1.82) is 0 Å². The fourth-order valence-corrected chi connectivity index (χ4v) is 5.95. The maximum atomic E-state index is 13.2. The molecule has 0 atom stereocenters. The summed E-state index contributed by atoms with van der Waals surface area (Å²) < 4.78 is 12.1. The quantitative estimate of drug-likeness (QED) is 0.484. The predicted molar refractivity (Wildman–Crippen MR) is 128 cm³/mol. The Labute approximate surface area is 206 Å². The van der Waals surface area contributed by atoms with E-state index in [9.17, 15) is 14.7 Å². The van der Waals surface area contributed by atoms with Crippen LogP contribution in [0.4, 0.5) is 4.79 Å². The van der Waals surface area contributed by atoms with Crippen molar-refractivity contribution in [3.8, 4) is 0 Å². The summed E-state index contributed by atoms with van der Waals surface area (Å²) in [6.07, 6.45) is 1.77. The van der Waals surface area contributed by atoms with Crippen LogP contribution in [-0.4, -0.2) is 46.9 Å². The Balaban J connectivity index is 1.67. The monoisotopic (exact) mass is 519 g/mol. The van der Waals surface area contributed by atoms with Crippen LogP contribution in [0.25, 0.3) is 0 Å². The molecule has 2 heterocycles. The Hall–Kier alpha value is -1.32. The Morgan fingerprint density at radius 2 is 1.50 bits per heavy atom. The number of aliphatic hydroxyl groups is 1. The van der Waals surface area contributed by atoms with E-state index in [1.165, 1.54) is 0 Å². The number of carbonyl (C=O) groups is 2. The smallest absolute Gasteiger partial charge is 0.410 e. The summed E-state index contributed by atoms with van der Waals surface area (Å²) in [5.74, 6) is -0.751. The number of halogens is 2. The third-order valence-corrected chi connectivity index (χ3v) is 7.98. The molecule has 176 valence electrons. The number of nitrogens with zero attached hydrogens (tertiary/aromatic N) is 1. The Morgan fingerprint density at radius 1 is 1.00 bits per heavy atom. The predicted octanol–water partition coefficient (Wildman–Crippen LogP) is 6.07. The second kappa shape index (κ2) is 9.89. The van der Waals surface area contributed by atoms with Crippen LogP contribution in [0.1, 0.15) is 56.2 Å². The van der Waals surface area contributed by atoms with Crippen LogP contribution in [0.3, 0.4) is 0 Å². The van der Waals surface area contributed by atoms with E-state index in [2.05, 4.69) is 0 Å². The Morgan fingerprint density at radius 3 is 1.91 bits per heavy atom. The zero-order chi connectivity index (χ0) is 23.7. The number of hydrogen-bond acceptors (Lipinski definition) is 7. The van der Waals surface area contributed by atoms with Gasteiger partial charge in [-0.2, -0.15) is 0 Å². The van der Waals surface area contributed by atoms with Gasteiger partial charge in [0.2, 0.25) is 5.60 Å². The molecule has 3 rings (SSSR count). The molecule has 2 aromatic heterocycles. The maximum Gasteiger partial charge on any atom is 0.410 e. The summed E-state index contributed by atoms with van der Waals surface area (Å²) in [5, 5.41) is 11.5. The molecule has 0 saturated heterocycles. The molecule has 1 amide bonds. The molecule has 10 heteroatoms. The standard InChI is InChI=1S/C22H27Cl2NO5S2/c1-21(2,3)30-20(27)25(4)13-5-7-14(8-6-13)29-19(26)22(28,15-9-11-17(23)31-15)16-10-12-18(24)32-16/h9-14,28H,5-8H2,1-4H3. The first-order valence-corrected chi connectivity index (χ1v) is 12.7. The van der Waals surface area contributed by atoms with E-state index in [0.717, 1.165) is 22.7 Å². The third-order valence-electron chi connectivity index (χ3n) is 5.30. The summed E-state index contributed by atoms with van der Waals surface area (Å²) in [6, 6.07) is 6.51. The van der Waals surface area contributed by atoms with Crippen molar-refractivity contribution >= 4 is 57.9 Å². The van der Waals surface area contributed by atoms with E-state index in [1.807, 2.05) is 20.8 Å². The molecule has 1 aliphatic carbocycles. The number of amides is 1. The molecular formula is C22H27Cl2NO5S2. The van der Waals surface area contributed by atoms with Gasteiger partial charge in [-0.3, -0.25) is 0 Å². The number of rotatable bonds is 5. The number of esters is 1. The maximum absolute atomic E-state index is 13.2. The van der Waals surface area contributed by atoms with E-state index >= 15 is 0 Å². The molecule has 1 aliphatic rings. The minimum Gasteiger partial charge on any atom is -0.460 e. The summed E-state index contributed by atoms with van der Waals surface area (Å²) in [4.78, 5) is 27.9. The largest absolute Gasteiger partial charge is 0.460 e. The molecule has 0 unspecified atom stereocenters. The molecule has 0 radical (unpaired) electrons. The van der Waals surface area contributed by atoms with Crippen LogP contribution in [0.5, 0.6) is 0 Å². The van der Waals surface area contributed by atoms with Crippen LogP contribution < -0.4 is 0 Å². The van der Waals surface area contributed by atoms with Crippen LogP contribution in [0, 0.1) is 0 Å². The van der Waals surface area contributed by atoms with Crippen LogP contribution in [-0.2, 0) is 19.9 Å². The lowest BCUT2D eigenvalue weighted by Gasteiger charge is -2.36. The Bertz CT molecular complexity index is 919. The molecule has 1 saturated carbocycles. The highest BCUT2D eigenvalue weighted by molar-refractivity contribution is 7.18. The van der Waals surface area contributed by atoms with Crippen molar-refractivity contribution in [2.45, 2.75) is 69.8 Å². The zero-order valence-corrected chi connectivity index (χ0v) is 21.5. The van der Waals surface area contributed by atoms with Crippen LogP contribution >= 0.6 is 45.9 Å². The fraction of sp³-hybridized carbons (Fsp3) is 0.545. The van der Waals surface area contributed by atoms with E-state index in [4.69, 9.17) is 32.7 Å². The van der Waals surface area contributed by atoms with Crippen molar-refractivity contribution < 1.29 is 24.2 Å². The normalized spacial score (nSPS) is 19.5. The number of carbonyl (C=O) groups excluding carboxylic acids is 2. The van der Waals surface area contributed by atoms with Gasteiger partial charge in [-0.05, 0) is 70.7 Å². The van der Waals surface area contributed by atoms with Crippen LogP contribution in [0.15, 0.2) is 24.3 Å². The molecule has 1 fully saturated rings. The topological polar surface area (TPSA) is 76.1 Å². The van der Waals surface area contributed by atoms with E-state index in [0.29, 0.717) is 44.1 Å². The molecule has 2 aromatic rings. The molecule has 0 spiro atoms. The lowest BCUT2D eigenvalue weighted by Crippen LogP contribution is -2.44. The SMILES string of the molecule is CN(C(=O)OC(C)(C)C)C1CCC(OC(=O)C(O)(c2ccc(Cl)s2)c2ccc(Cl)s2)CC1. The van der Waals surface area contributed by atoms with Crippen molar-refractivity contribution in [3.63, 3.8) is 0 Å². The van der Waals surface area contributed by atoms with Gasteiger partial charge in [0, 0.05) is 13.1 Å². The number of ether oxygens (including phenoxy) is 2. The molecule has 1 N–H and O–H groups in total. The van der Waals surface area contributed by atoms with Gasteiger partial charge < -0.3 is 19.5 Å². The van der Waals surface area contributed by atoms with E-state index in [-0.39, 0.29) is 18.2 Å². The van der Waals surface area contributed by atoms with Gasteiger partial charge in [-0.25, -0.2) is 9.59 Å². The van der Waals surface area contributed by atoms with Crippen molar-refractivity contribution in [2.75, 3.05) is 7.05 Å². The third kappa shape index (κ3) is 5.78. The van der Waals surface area contributed by atoms with Gasteiger partial charge >= 0.3 is 12.1 Å². The van der Waals surface area contributed by atoms with Crippen molar-refractivity contribution in [3.05, 3.63) is 42.7 Å². The first-order chi connectivity index (χ1) is 14.9. The van der Waals surface area contributed by atoms with Gasteiger partial charge in [0.25, 0.3) is 0 Å². The van der Waals surface area contributed by atoms with Crippen molar-refractivity contribution in [2.24, 2.45) is 0 Å². The molecule has 0 bridgehead atoms. The van der Waals surface area contributed by atoms with Crippen LogP contribution in [0.2, 0.25) is 8.67 Å². The minimum absolute atomic E-state index is 0.00545. The second-order valence-electron chi connectivity index (χ2n) is 8.85. The van der Waals surface area contributed by atoms with Gasteiger partial charge in [-0.1, -0.05) is 23.2 Å². The number of hydrogen-bond donors (Lipinski definition) is 1. The minimum atomic E-state index is -1.97. The van der Waals surface area contributed by atoms with Gasteiger partial charge in [-0.15, -0.1) is 22.7 Å². The lowest BCUT2D eigenvalue weighted by atomic mass is 9.91. The summed E-state index contributed by atoms with van der Waals surface area (Å²) in [6.45, 7) is 5.49. The van der Waals surface area contributed by atoms with E-state index in [1.54, 1.807) is 36.2 Å². The highest BCUT2D eigenvalue weighted by Gasteiger charge is 2.46. The summed E-state index contributed by atoms with van der Waals surface area (Å²) in [5.41, 5.74) is -2.53. The van der Waals surface area contributed by atoms with E-state index < -0.39 is 17.2 Å². The summed E-state index contributed by atoms with van der Waals surface area (Å²) in [7, 11) is 1.73. The summed E-state index contributed by atoms with van der Waals surface area (Å²) >= 11 is 14.4. The fourth-order valence-electron chi connectivity index (χ4n) is 3.61. The second-order valence-corrected chi connectivity index (χ2v) is 12.3.